The number of aliphatic hydroxyl groups is 1. The number of ether oxygens (including phenoxy) is 1. The number of hydrogen-bond donors (Lipinski definition) is 2. The highest BCUT2D eigenvalue weighted by molar-refractivity contribution is 7.89. The van der Waals surface area contributed by atoms with Crippen LogP contribution in [-0.4, -0.2) is 135 Å². The Morgan fingerprint density at radius 2 is 1.81 bits per heavy atom. The maximum Gasteiger partial charge on any atom is 0.246 e. The molecule has 14 heteroatoms. The number of aliphatic hydroxyl groups excluding tert-OH is 1. The molecule has 1 atom stereocenters. The molecule has 4 heterocycles. The minimum Gasteiger partial charge on any atom is -0.384 e. The smallest absolute Gasteiger partial charge is 0.246 e. The van der Waals surface area contributed by atoms with E-state index < -0.39 is 16.3 Å². The zero-order chi connectivity index (χ0) is 30.4. The summed E-state index contributed by atoms with van der Waals surface area (Å²) in [6, 6.07) is 7.89. The number of nitrogens with zero attached hydrogens (tertiary/aromatic N) is 7. The number of rotatable bonds is 11. The highest BCUT2D eigenvalue weighted by Crippen LogP contribution is 2.28. The maximum absolute atomic E-state index is 12.5. The van der Waals surface area contributed by atoms with Crippen molar-refractivity contribution in [1.82, 2.24) is 24.1 Å². The van der Waals surface area contributed by atoms with E-state index in [-0.39, 0.29) is 18.3 Å². The van der Waals surface area contributed by atoms with Gasteiger partial charge in [-0.05, 0) is 42.5 Å². The number of nitrogens with one attached hydrogen (secondary N) is 1. The van der Waals surface area contributed by atoms with Crippen molar-refractivity contribution in [3.63, 3.8) is 0 Å². The lowest BCUT2D eigenvalue weighted by Crippen LogP contribution is -2.51. The van der Waals surface area contributed by atoms with E-state index in [4.69, 9.17) is 9.72 Å². The second-order valence-corrected chi connectivity index (χ2v) is 12.8. The van der Waals surface area contributed by atoms with Crippen molar-refractivity contribution in [2.75, 3.05) is 100 Å². The molecule has 2 N–H and O–H groups in total. The average molecular weight is 613 g/mol. The fraction of sp³-hybridized carbons (Fsp3) is 0.483. The monoisotopic (exact) mass is 612 g/mol. The van der Waals surface area contributed by atoms with Crippen LogP contribution in [0.25, 0.3) is 6.08 Å². The van der Waals surface area contributed by atoms with E-state index in [1.54, 1.807) is 17.2 Å². The van der Waals surface area contributed by atoms with Crippen LogP contribution in [0, 0.1) is 0 Å². The summed E-state index contributed by atoms with van der Waals surface area (Å²) in [6.07, 6.45) is 5.86. The lowest BCUT2D eigenvalue weighted by molar-refractivity contribution is -0.127. The van der Waals surface area contributed by atoms with Gasteiger partial charge in [0, 0.05) is 95.7 Å². The van der Waals surface area contributed by atoms with Gasteiger partial charge in [0.2, 0.25) is 21.9 Å². The van der Waals surface area contributed by atoms with Gasteiger partial charge < -0.3 is 29.9 Å². The molecular weight excluding hydrogens is 572 g/mol. The first-order chi connectivity index (χ1) is 20.8. The van der Waals surface area contributed by atoms with Crippen LogP contribution < -0.4 is 15.1 Å². The van der Waals surface area contributed by atoms with Crippen molar-refractivity contribution in [2.24, 2.45) is 0 Å². The summed E-state index contributed by atoms with van der Waals surface area (Å²) in [5.41, 5.74) is 2.66. The molecule has 3 aliphatic heterocycles. The summed E-state index contributed by atoms with van der Waals surface area (Å²) in [5, 5.41) is 14.0. The van der Waals surface area contributed by atoms with E-state index in [0.29, 0.717) is 57.6 Å². The van der Waals surface area contributed by atoms with Crippen LogP contribution >= 0.6 is 0 Å². The normalized spacial score (nSPS) is 19.8. The molecule has 0 aliphatic carbocycles. The van der Waals surface area contributed by atoms with Gasteiger partial charge >= 0.3 is 0 Å². The minimum atomic E-state index is -3.31. The molecule has 232 valence electrons. The molecular formula is C29H40N8O5S. The first-order valence-corrected chi connectivity index (χ1v) is 16.1. The number of fused-ring (bicyclic) bond motifs is 1. The summed E-state index contributed by atoms with van der Waals surface area (Å²) in [4.78, 5) is 29.2. The number of methoxy groups -OCH3 is 1. The summed E-state index contributed by atoms with van der Waals surface area (Å²) in [5.74, 6) is 1.04. The number of piperazine rings is 2. The molecule has 0 bridgehead atoms. The van der Waals surface area contributed by atoms with Crippen molar-refractivity contribution in [3.05, 3.63) is 54.8 Å². The van der Waals surface area contributed by atoms with E-state index >= 15 is 0 Å². The number of amides is 1. The molecule has 0 spiro atoms. The van der Waals surface area contributed by atoms with Crippen molar-refractivity contribution in [2.45, 2.75) is 6.23 Å². The Balaban J connectivity index is 1.17. The SMILES string of the molecule is C=CC(=O)N1CCN(CCN2c3nc(Nc4ccc(N5CCN(S(=O)(=O)CCOC)CC5)cc4)ncc3C=CC2O)CC1. The van der Waals surface area contributed by atoms with Gasteiger partial charge in [-0.3, -0.25) is 9.69 Å². The predicted octanol–water partition coefficient (Wildman–Crippen LogP) is 0.800. The predicted molar refractivity (Wildman–Crippen MR) is 167 cm³/mol. The second-order valence-electron chi connectivity index (χ2n) is 10.7. The van der Waals surface area contributed by atoms with E-state index in [1.165, 1.54) is 17.5 Å². The van der Waals surface area contributed by atoms with Gasteiger partial charge in [0.1, 0.15) is 12.0 Å². The summed E-state index contributed by atoms with van der Waals surface area (Å²) < 4.78 is 31.4. The second kappa shape index (κ2) is 13.8. The third-order valence-electron chi connectivity index (χ3n) is 8.02. The van der Waals surface area contributed by atoms with Gasteiger partial charge in [-0.25, -0.2) is 13.4 Å². The van der Waals surface area contributed by atoms with Crippen LogP contribution in [0.1, 0.15) is 5.56 Å². The van der Waals surface area contributed by atoms with Crippen LogP contribution in [0.4, 0.5) is 23.1 Å². The molecule has 2 fully saturated rings. The maximum atomic E-state index is 12.5. The third-order valence-corrected chi connectivity index (χ3v) is 9.85. The molecule has 1 aromatic carbocycles. The Bertz CT molecular complexity index is 1400. The Morgan fingerprint density at radius 1 is 1.09 bits per heavy atom. The van der Waals surface area contributed by atoms with Gasteiger partial charge in [0.25, 0.3) is 0 Å². The summed E-state index contributed by atoms with van der Waals surface area (Å²) in [6.45, 7) is 10.0. The van der Waals surface area contributed by atoms with Crippen molar-refractivity contribution in [3.8, 4) is 0 Å². The highest BCUT2D eigenvalue weighted by atomic mass is 32.2. The highest BCUT2D eigenvalue weighted by Gasteiger charge is 2.27. The first-order valence-electron chi connectivity index (χ1n) is 14.5. The molecule has 5 rings (SSSR count). The van der Waals surface area contributed by atoms with Crippen LogP contribution in [0.2, 0.25) is 0 Å². The molecule has 0 radical (unpaired) electrons. The van der Waals surface area contributed by atoms with Gasteiger partial charge in [0.05, 0.1) is 12.4 Å². The number of anilines is 4. The fourth-order valence-corrected chi connectivity index (χ4v) is 6.80. The minimum absolute atomic E-state index is 0.00145. The van der Waals surface area contributed by atoms with Gasteiger partial charge in [-0.15, -0.1) is 0 Å². The van der Waals surface area contributed by atoms with Crippen LogP contribution in [0.15, 0.2) is 49.2 Å². The molecule has 1 unspecified atom stereocenters. The molecule has 2 saturated heterocycles. The summed E-state index contributed by atoms with van der Waals surface area (Å²) >= 11 is 0. The number of sulfonamides is 1. The molecule has 2 aromatic rings. The average Bonchev–Trinajstić information content (AvgIpc) is 3.03. The lowest BCUT2D eigenvalue weighted by Gasteiger charge is -2.37. The molecule has 1 amide bonds. The number of carbonyl (C=O) groups excluding carboxylic acids is 1. The molecule has 43 heavy (non-hydrogen) atoms. The van der Waals surface area contributed by atoms with Gasteiger partial charge in [-0.1, -0.05) is 6.58 Å². The Morgan fingerprint density at radius 3 is 2.49 bits per heavy atom. The zero-order valence-electron chi connectivity index (χ0n) is 24.5. The standard InChI is InChI=1S/C29H40N8O5S/c1-3-26(38)35-13-10-33(11-14-35)12-19-37-27(39)9-4-23-22-30-29(32-28(23)37)31-24-5-7-25(8-6-24)34-15-17-36(18-16-34)43(40,41)21-20-42-2/h3-9,22,27,39H,1,10-21H2,2H3,(H,30,31,32). The van der Waals surface area contributed by atoms with Crippen molar-refractivity contribution >= 4 is 45.1 Å². The summed E-state index contributed by atoms with van der Waals surface area (Å²) in [7, 11) is -1.80. The van der Waals surface area contributed by atoms with Crippen LogP contribution in [-0.2, 0) is 19.6 Å². The van der Waals surface area contributed by atoms with Crippen LogP contribution in [0.3, 0.4) is 0 Å². The number of aromatic nitrogens is 2. The number of benzene rings is 1. The first kappa shape index (κ1) is 30.9. The number of carbonyl (C=O) groups is 1. The van der Waals surface area contributed by atoms with E-state index in [2.05, 4.69) is 26.7 Å². The Hall–Kier alpha value is -3.56. The van der Waals surface area contributed by atoms with E-state index in [0.717, 1.165) is 36.6 Å². The van der Waals surface area contributed by atoms with E-state index in [1.807, 2.05) is 35.2 Å². The fourth-order valence-electron chi connectivity index (χ4n) is 5.44. The van der Waals surface area contributed by atoms with Gasteiger partial charge in [0.15, 0.2) is 0 Å². The molecule has 0 saturated carbocycles. The van der Waals surface area contributed by atoms with E-state index in [9.17, 15) is 18.3 Å². The van der Waals surface area contributed by atoms with Gasteiger partial charge in [-0.2, -0.15) is 9.29 Å². The quantitative estimate of drug-likeness (QED) is 0.349. The molecule has 13 nitrogen and oxygen atoms in total. The Labute approximate surface area is 253 Å². The number of hydrogen-bond acceptors (Lipinski definition) is 11. The van der Waals surface area contributed by atoms with Crippen molar-refractivity contribution in [1.29, 1.82) is 0 Å². The lowest BCUT2D eigenvalue weighted by atomic mass is 10.1. The largest absolute Gasteiger partial charge is 0.384 e. The van der Waals surface area contributed by atoms with Crippen molar-refractivity contribution < 1.29 is 23.1 Å². The Kier molecular flexibility index (Phi) is 9.93. The zero-order valence-corrected chi connectivity index (χ0v) is 25.3. The molecule has 3 aliphatic rings. The third kappa shape index (κ3) is 7.51. The molecule has 1 aromatic heterocycles. The topological polar surface area (TPSA) is 135 Å². The van der Waals surface area contributed by atoms with Crippen LogP contribution in [0.5, 0.6) is 0 Å².